The van der Waals surface area contributed by atoms with Gasteiger partial charge in [-0.1, -0.05) is 42.5 Å². The molecule has 2 heteroatoms. The molecule has 0 heterocycles. The van der Waals surface area contributed by atoms with Crippen LogP contribution in [0, 0.1) is 6.92 Å². The van der Waals surface area contributed by atoms with Gasteiger partial charge in [-0.15, -0.1) is 0 Å². The molecule has 2 aromatic carbocycles. The van der Waals surface area contributed by atoms with Crippen LogP contribution in [0.2, 0.25) is 0 Å². The van der Waals surface area contributed by atoms with E-state index in [1.54, 1.807) is 0 Å². The molecule has 0 radical (unpaired) electrons. The van der Waals surface area contributed by atoms with Crippen molar-refractivity contribution >= 4 is 5.69 Å². The van der Waals surface area contributed by atoms with Gasteiger partial charge < -0.3 is 10.6 Å². The van der Waals surface area contributed by atoms with Crippen molar-refractivity contribution in [3.63, 3.8) is 0 Å². The molecule has 0 aliphatic rings. The van der Waals surface area contributed by atoms with Crippen molar-refractivity contribution in [3.05, 3.63) is 65.7 Å². The summed E-state index contributed by atoms with van der Waals surface area (Å²) >= 11 is 0. The van der Waals surface area contributed by atoms with Crippen molar-refractivity contribution in [2.75, 3.05) is 18.0 Å². The van der Waals surface area contributed by atoms with Crippen molar-refractivity contribution in [1.82, 2.24) is 0 Å². The molecule has 2 nitrogen and oxygen atoms in total. The Kier molecular flexibility index (Phi) is 5.19. The molecule has 0 amide bonds. The van der Waals surface area contributed by atoms with Gasteiger partial charge >= 0.3 is 0 Å². The number of hydrogen-bond donors (Lipinski definition) is 1. The first-order valence-corrected chi connectivity index (χ1v) is 7.33. The Hall–Kier alpha value is -1.80. The molecule has 0 bridgehead atoms. The second kappa shape index (κ2) is 7.11. The molecule has 0 aromatic heterocycles. The third kappa shape index (κ3) is 3.84. The minimum atomic E-state index is 0.107. The predicted molar refractivity (Wildman–Crippen MR) is 87.1 cm³/mol. The van der Waals surface area contributed by atoms with Crippen molar-refractivity contribution in [2.45, 2.75) is 26.3 Å². The van der Waals surface area contributed by atoms with E-state index in [9.17, 15) is 0 Å². The molecule has 1 atom stereocenters. The van der Waals surface area contributed by atoms with Crippen LogP contribution in [0.15, 0.2) is 54.6 Å². The summed E-state index contributed by atoms with van der Waals surface area (Å²) in [6.07, 6.45) is 0.964. The molecule has 2 N–H and O–H groups in total. The van der Waals surface area contributed by atoms with Crippen LogP contribution in [0.4, 0.5) is 5.69 Å². The fourth-order valence-corrected chi connectivity index (χ4v) is 2.46. The lowest BCUT2D eigenvalue weighted by molar-refractivity contribution is 0.632. The summed E-state index contributed by atoms with van der Waals surface area (Å²) < 4.78 is 0. The van der Waals surface area contributed by atoms with Gasteiger partial charge in [0, 0.05) is 24.8 Å². The first kappa shape index (κ1) is 14.6. The Morgan fingerprint density at radius 2 is 1.80 bits per heavy atom. The zero-order chi connectivity index (χ0) is 14.4. The zero-order valence-corrected chi connectivity index (χ0v) is 12.4. The number of nitrogens with zero attached hydrogens (tertiary/aromatic N) is 1. The van der Waals surface area contributed by atoms with Gasteiger partial charge in [-0.05, 0) is 43.5 Å². The van der Waals surface area contributed by atoms with E-state index >= 15 is 0 Å². The average Bonchev–Trinajstić information content (AvgIpc) is 2.48. The standard InChI is InChI=1S/C18H24N2/c1-3-20(17-11-7-8-15(2)14-17)13-12-18(19)16-9-5-4-6-10-16/h4-11,14,18H,3,12-13,19H2,1-2H3. The predicted octanol–water partition coefficient (Wildman–Crippen LogP) is 3.91. The monoisotopic (exact) mass is 268 g/mol. The van der Waals surface area contributed by atoms with Gasteiger partial charge in [-0.3, -0.25) is 0 Å². The van der Waals surface area contributed by atoms with E-state index in [1.165, 1.54) is 16.8 Å². The third-order valence-electron chi connectivity index (χ3n) is 3.69. The van der Waals surface area contributed by atoms with E-state index < -0.39 is 0 Å². The van der Waals surface area contributed by atoms with E-state index in [0.29, 0.717) is 0 Å². The van der Waals surface area contributed by atoms with Gasteiger partial charge in [0.15, 0.2) is 0 Å². The van der Waals surface area contributed by atoms with E-state index in [-0.39, 0.29) is 6.04 Å². The number of rotatable bonds is 6. The summed E-state index contributed by atoms with van der Waals surface area (Å²) in [5.41, 5.74) is 10.1. The van der Waals surface area contributed by atoms with Gasteiger partial charge in [0.25, 0.3) is 0 Å². The number of nitrogens with two attached hydrogens (primary N) is 1. The lowest BCUT2D eigenvalue weighted by Gasteiger charge is -2.25. The van der Waals surface area contributed by atoms with Gasteiger partial charge in [-0.25, -0.2) is 0 Å². The largest absolute Gasteiger partial charge is 0.372 e. The van der Waals surface area contributed by atoms with Crippen LogP contribution in [0.3, 0.4) is 0 Å². The van der Waals surface area contributed by atoms with Crippen molar-refractivity contribution < 1.29 is 0 Å². The van der Waals surface area contributed by atoms with Crippen molar-refractivity contribution in [1.29, 1.82) is 0 Å². The minimum absolute atomic E-state index is 0.107. The molecule has 106 valence electrons. The normalized spacial score (nSPS) is 12.2. The van der Waals surface area contributed by atoms with Crippen LogP contribution in [0.25, 0.3) is 0 Å². The Morgan fingerprint density at radius 3 is 2.45 bits per heavy atom. The average molecular weight is 268 g/mol. The van der Waals surface area contributed by atoms with Crippen LogP contribution < -0.4 is 10.6 Å². The summed E-state index contributed by atoms with van der Waals surface area (Å²) in [4.78, 5) is 2.38. The molecule has 1 unspecified atom stereocenters. The second-order valence-corrected chi connectivity index (χ2v) is 5.22. The lowest BCUT2D eigenvalue weighted by Crippen LogP contribution is -2.27. The Balaban J connectivity index is 1.97. The molecule has 0 aliphatic heterocycles. The summed E-state index contributed by atoms with van der Waals surface area (Å²) in [5, 5.41) is 0. The zero-order valence-electron chi connectivity index (χ0n) is 12.4. The Morgan fingerprint density at radius 1 is 1.05 bits per heavy atom. The third-order valence-corrected chi connectivity index (χ3v) is 3.69. The molecule has 2 rings (SSSR count). The maximum atomic E-state index is 6.28. The highest BCUT2D eigenvalue weighted by atomic mass is 15.1. The molecule has 2 aromatic rings. The Bertz CT molecular complexity index is 522. The van der Waals surface area contributed by atoms with E-state index in [4.69, 9.17) is 5.73 Å². The van der Waals surface area contributed by atoms with E-state index in [1.807, 2.05) is 18.2 Å². The SMILES string of the molecule is CCN(CCC(N)c1ccccc1)c1cccc(C)c1. The molecule has 0 spiro atoms. The first-order chi connectivity index (χ1) is 9.70. The molecular weight excluding hydrogens is 244 g/mol. The van der Waals surface area contributed by atoms with Crippen LogP contribution in [0.5, 0.6) is 0 Å². The second-order valence-electron chi connectivity index (χ2n) is 5.22. The van der Waals surface area contributed by atoms with Crippen LogP contribution >= 0.6 is 0 Å². The van der Waals surface area contributed by atoms with Gasteiger partial charge in [0.2, 0.25) is 0 Å². The highest BCUT2D eigenvalue weighted by Crippen LogP contribution is 2.19. The van der Waals surface area contributed by atoms with Crippen molar-refractivity contribution in [2.24, 2.45) is 5.73 Å². The maximum absolute atomic E-state index is 6.28. The molecule has 0 aliphatic carbocycles. The molecule has 0 saturated carbocycles. The smallest absolute Gasteiger partial charge is 0.0368 e. The first-order valence-electron chi connectivity index (χ1n) is 7.33. The number of anilines is 1. The van der Waals surface area contributed by atoms with Gasteiger partial charge in [-0.2, -0.15) is 0 Å². The summed E-state index contributed by atoms with van der Waals surface area (Å²) in [6, 6.07) is 19.1. The lowest BCUT2D eigenvalue weighted by atomic mass is 10.0. The summed E-state index contributed by atoms with van der Waals surface area (Å²) in [5.74, 6) is 0. The summed E-state index contributed by atoms with van der Waals surface area (Å²) in [7, 11) is 0. The summed E-state index contributed by atoms with van der Waals surface area (Å²) in [6.45, 7) is 6.31. The maximum Gasteiger partial charge on any atom is 0.0368 e. The van der Waals surface area contributed by atoms with Gasteiger partial charge in [0.05, 0.1) is 0 Å². The number of hydrogen-bond acceptors (Lipinski definition) is 2. The molecular formula is C18H24N2. The number of aryl methyl sites for hydroxylation is 1. The minimum Gasteiger partial charge on any atom is -0.372 e. The Labute approximate surface area is 122 Å². The molecule has 20 heavy (non-hydrogen) atoms. The van der Waals surface area contributed by atoms with E-state index in [0.717, 1.165) is 19.5 Å². The molecule has 0 saturated heterocycles. The molecule has 0 fully saturated rings. The van der Waals surface area contributed by atoms with Gasteiger partial charge in [0.1, 0.15) is 0 Å². The van der Waals surface area contributed by atoms with E-state index in [2.05, 4.69) is 55.1 Å². The van der Waals surface area contributed by atoms with Crippen molar-refractivity contribution in [3.8, 4) is 0 Å². The topological polar surface area (TPSA) is 29.3 Å². The fraction of sp³-hybridized carbons (Fsp3) is 0.333. The van der Waals surface area contributed by atoms with Crippen LogP contribution in [-0.2, 0) is 0 Å². The highest BCUT2D eigenvalue weighted by Gasteiger charge is 2.09. The highest BCUT2D eigenvalue weighted by molar-refractivity contribution is 5.48. The van der Waals surface area contributed by atoms with Crippen LogP contribution in [-0.4, -0.2) is 13.1 Å². The number of benzene rings is 2. The fourth-order valence-electron chi connectivity index (χ4n) is 2.46. The van der Waals surface area contributed by atoms with Crippen LogP contribution in [0.1, 0.15) is 30.5 Å². The quantitative estimate of drug-likeness (QED) is 0.860.